The van der Waals surface area contributed by atoms with E-state index < -0.39 is 5.91 Å². The number of rotatable bonds is 4. The van der Waals surface area contributed by atoms with Gasteiger partial charge in [-0.15, -0.1) is 10.2 Å². The summed E-state index contributed by atoms with van der Waals surface area (Å²) in [4.78, 5) is 18.2. The van der Waals surface area contributed by atoms with Crippen LogP contribution in [0.15, 0.2) is 48.5 Å². The number of nitrogens with zero attached hydrogens (tertiary/aromatic N) is 5. The number of amides is 1. The fraction of sp³-hybridized carbons (Fsp3) is 0.0556. The second-order valence-electron chi connectivity index (χ2n) is 5.84. The van der Waals surface area contributed by atoms with Gasteiger partial charge in [0.2, 0.25) is 5.95 Å². The summed E-state index contributed by atoms with van der Waals surface area (Å²) >= 11 is 12.2. The third kappa shape index (κ3) is 3.60. The maximum Gasteiger partial charge on any atom is 0.280 e. The first-order chi connectivity index (χ1) is 13.5. The highest BCUT2D eigenvalue weighted by molar-refractivity contribution is 6.33. The first-order valence-electron chi connectivity index (χ1n) is 8.20. The Morgan fingerprint density at radius 1 is 1.11 bits per heavy atom. The lowest BCUT2D eigenvalue weighted by Gasteiger charge is -1.99. The molecule has 4 aromatic rings. The molecule has 0 aliphatic heterocycles. The van der Waals surface area contributed by atoms with E-state index in [1.54, 1.807) is 43.3 Å². The van der Waals surface area contributed by atoms with E-state index >= 15 is 0 Å². The van der Waals surface area contributed by atoms with Crippen molar-refractivity contribution in [1.29, 1.82) is 0 Å². The molecule has 0 aliphatic rings. The number of nitrogens with one attached hydrogen (secondary N) is 2. The predicted octanol–water partition coefficient (Wildman–Crippen LogP) is 3.92. The van der Waals surface area contributed by atoms with Gasteiger partial charge in [0.05, 0.1) is 16.4 Å². The number of halogens is 2. The Bertz CT molecular complexity index is 1170. The molecule has 0 spiro atoms. The molecule has 4 rings (SSSR count). The molecule has 28 heavy (non-hydrogen) atoms. The van der Waals surface area contributed by atoms with E-state index in [4.69, 9.17) is 23.2 Å². The molecule has 0 radical (unpaired) electrons. The number of aromatic nitrogens is 6. The molecular formula is C18H13Cl2N7O. The number of H-pyrrole nitrogens is 1. The second kappa shape index (κ2) is 7.41. The van der Waals surface area contributed by atoms with Crippen molar-refractivity contribution < 1.29 is 4.79 Å². The van der Waals surface area contributed by atoms with Gasteiger partial charge in [0.25, 0.3) is 5.91 Å². The van der Waals surface area contributed by atoms with Crippen LogP contribution < -0.4 is 5.32 Å². The van der Waals surface area contributed by atoms with Crippen molar-refractivity contribution in [3.63, 3.8) is 0 Å². The Kier molecular flexibility index (Phi) is 4.81. The summed E-state index contributed by atoms with van der Waals surface area (Å²) < 4.78 is 0. The molecule has 0 bridgehead atoms. The summed E-state index contributed by atoms with van der Waals surface area (Å²) in [5.41, 5.74) is 1.94. The standard InChI is InChI=1S/C18H13Cl2N7O/c1-10-15(26-27(25-10)12-6-4-5-11(19)9-12)17(28)22-18-21-16(23-24-18)13-7-2-3-8-14(13)20/h2-9H,1H3,(H2,21,22,23,24,28). The van der Waals surface area contributed by atoms with E-state index in [0.29, 0.717) is 32.8 Å². The van der Waals surface area contributed by atoms with Crippen molar-refractivity contribution >= 4 is 35.1 Å². The number of carbonyl (C=O) groups excluding carboxylic acids is 1. The van der Waals surface area contributed by atoms with Crippen LogP contribution in [0.3, 0.4) is 0 Å². The van der Waals surface area contributed by atoms with Gasteiger partial charge < -0.3 is 0 Å². The van der Waals surface area contributed by atoms with E-state index in [1.165, 1.54) is 4.80 Å². The SMILES string of the molecule is Cc1nn(-c2cccc(Cl)c2)nc1C(=O)Nc1n[nH]c(-c2ccccc2Cl)n1. The molecule has 0 saturated carbocycles. The molecular weight excluding hydrogens is 401 g/mol. The van der Waals surface area contributed by atoms with Gasteiger partial charge >= 0.3 is 0 Å². The molecule has 2 aromatic carbocycles. The quantitative estimate of drug-likeness (QED) is 0.527. The van der Waals surface area contributed by atoms with E-state index in [2.05, 4.69) is 30.7 Å². The molecule has 2 heterocycles. The molecule has 0 atom stereocenters. The fourth-order valence-electron chi connectivity index (χ4n) is 2.56. The molecule has 140 valence electrons. The van der Waals surface area contributed by atoms with Crippen LogP contribution in [0.25, 0.3) is 17.1 Å². The van der Waals surface area contributed by atoms with Crippen LogP contribution >= 0.6 is 23.2 Å². The third-order valence-corrected chi connectivity index (χ3v) is 4.44. The van der Waals surface area contributed by atoms with Crippen LogP contribution in [0, 0.1) is 6.92 Å². The lowest BCUT2D eigenvalue weighted by Crippen LogP contribution is -2.15. The Morgan fingerprint density at radius 3 is 2.71 bits per heavy atom. The highest BCUT2D eigenvalue weighted by Gasteiger charge is 2.19. The summed E-state index contributed by atoms with van der Waals surface area (Å²) in [6.07, 6.45) is 0. The van der Waals surface area contributed by atoms with Gasteiger partial charge in [-0.1, -0.05) is 41.4 Å². The van der Waals surface area contributed by atoms with Gasteiger partial charge in [-0.05, 0) is 37.3 Å². The number of aromatic amines is 1. The van der Waals surface area contributed by atoms with Crippen LogP contribution in [0.4, 0.5) is 5.95 Å². The number of anilines is 1. The Hall–Kier alpha value is -3.23. The number of hydrogen-bond donors (Lipinski definition) is 2. The van der Waals surface area contributed by atoms with E-state index in [0.717, 1.165) is 0 Å². The van der Waals surface area contributed by atoms with Crippen molar-refractivity contribution in [3.8, 4) is 17.1 Å². The average molecular weight is 414 g/mol. The number of hydrogen-bond acceptors (Lipinski definition) is 5. The highest BCUT2D eigenvalue weighted by atomic mass is 35.5. The highest BCUT2D eigenvalue weighted by Crippen LogP contribution is 2.25. The minimum Gasteiger partial charge on any atom is -0.288 e. The fourth-order valence-corrected chi connectivity index (χ4v) is 2.97. The van der Waals surface area contributed by atoms with Crippen LogP contribution in [-0.4, -0.2) is 36.1 Å². The molecule has 0 unspecified atom stereocenters. The molecule has 2 N–H and O–H groups in total. The smallest absolute Gasteiger partial charge is 0.280 e. The van der Waals surface area contributed by atoms with Crippen LogP contribution in [0.5, 0.6) is 0 Å². The lowest BCUT2D eigenvalue weighted by atomic mass is 10.2. The number of benzene rings is 2. The Labute approximate surface area is 169 Å². The Morgan fingerprint density at radius 2 is 1.93 bits per heavy atom. The van der Waals surface area contributed by atoms with Gasteiger partial charge in [0.15, 0.2) is 11.5 Å². The van der Waals surface area contributed by atoms with Gasteiger partial charge in [0.1, 0.15) is 0 Å². The normalized spacial score (nSPS) is 10.8. The molecule has 10 heteroatoms. The van der Waals surface area contributed by atoms with Gasteiger partial charge in [-0.25, -0.2) is 0 Å². The van der Waals surface area contributed by atoms with E-state index in [1.807, 2.05) is 12.1 Å². The zero-order valence-corrected chi connectivity index (χ0v) is 16.0. The number of aryl methyl sites for hydroxylation is 1. The lowest BCUT2D eigenvalue weighted by molar-refractivity contribution is 0.102. The number of carbonyl (C=O) groups is 1. The van der Waals surface area contributed by atoms with E-state index in [-0.39, 0.29) is 11.6 Å². The van der Waals surface area contributed by atoms with Crippen LogP contribution in [-0.2, 0) is 0 Å². The minimum atomic E-state index is -0.476. The monoisotopic (exact) mass is 413 g/mol. The molecule has 1 amide bonds. The van der Waals surface area contributed by atoms with Crippen molar-refractivity contribution in [2.45, 2.75) is 6.92 Å². The van der Waals surface area contributed by atoms with Crippen molar-refractivity contribution in [2.75, 3.05) is 5.32 Å². The molecule has 0 saturated heterocycles. The summed E-state index contributed by atoms with van der Waals surface area (Å²) in [5.74, 6) is 0.0762. The first kappa shape index (κ1) is 18.1. The van der Waals surface area contributed by atoms with Crippen molar-refractivity contribution in [1.82, 2.24) is 30.2 Å². The first-order valence-corrected chi connectivity index (χ1v) is 8.95. The second-order valence-corrected chi connectivity index (χ2v) is 6.69. The largest absolute Gasteiger partial charge is 0.288 e. The van der Waals surface area contributed by atoms with Crippen LogP contribution in [0.2, 0.25) is 10.0 Å². The molecule has 0 fully saturated rings. The minimum absolute atomic E-state index is 0.108. The maximum absolute atomic E-state index is 12.6. The predicted molar refractivity (Wildman–Crippen MR) is 106 cm³/mol. The topological polar surface area (TPSA) is 101 Å². The summed E-state index contributed by atoms with van der Waals surface area (Å²) in [7, 11) is 0. The summed E-state index contributed by atoms with van der Waals surface area (Å²) in [6.45, 7) is 1.69. The van der Waals surface area contributed by atoms with Crippen molar-refractivity contribution in [2.24, 2.45) is 0 Å². The zero-order chi connectivity index (χ0) is 19.7. The molecule has 8 nitrogen and oxygen atoms in total. The summed E-state index contributed by atoms with van der Waals surface area (Å²) in [6, 6.07) is 14.2. The Balaban J connectivity index is 1.56. The summed E-state index contributed by atoms with van der Waals surface area (Å²) in [5, 5.41) is 19.0. The van der Waals surface area contributed by atoms with Gasteiger partial charge in [-0.3, -0.25) is 15.2 Å². The molecule has 0 aliphatic carbocycles. The third-order valence-electron chi connectivity index (χ3n) is 3.88. The van der Waals surface area contributed by atoms with E-state index in [9.17, 15) is 4.79 Å². The zero-order valence-electron chi connectivity index (χ0n) is 14.5. The molecule has 2 aromatic heterocycles. The average Bonchev–Trinajstić information content (AvgIpc) is 3.29. The van der Waals surface area contributed by atoms with Crippen molar-refractivity contribution in [3.05, 3.63) is 70.0 Å². The van der Waals surface area contributed by atoms with Gasteiger partial charge in [-0.2, -0.15) is 14.9 Å². The van der Waals surface area contributed by atoms with Gasteiger partial charge in [0, 0.05) is 10.6 Å². The van der Waals surface area contributed by atoms with Crippen LogP contribution in [0.1, 0.15) is 16.2 Å². The maximum atomic E-state index is 12.6.